The molecule has 3 unspecified atom stereocenters. The van der Waals surface area contributed by atoms with E-state index in [-0.39, 0.29) is 28.9 Å². The van der Waals surface area contributed by atoms with Crippen LogP contribution in [0.3, 0.4) is 0 Å². The van der Waals surface area contributed by atoms with Crippen LogP contribution in [0.4, 0.5) is 0 Å². The highest BCUT2D eigenvalue weighted by Crippen LogP contribution is 2.57. The Morgan fingerprint density at radius 3 is 2.67 bits per heavy atom. The number of carbonyl (C=O) groups is 1. The van der Waals surface area contributed by atoms with Gasteiger partial charge < -0.3 is 20.5 Å². The summed E-state index contributed by atoms with van der Waals surface area (Å²) in [5, 5.41) is 3.06. The minimum Gasteiger partial charge on any atom is -0.377 e. The molecule has 5 heteroatoms. The summed E-state index contributed by atoms with van der Waals surface area (Å²) in [6.07, 6.45) is 5.28. The fourth-order valence-corrected chi connectivity index (χ4v) is 4.45. The van der Waals surface area contributed by atoms with Crippen LogP contribution in [-0.2, 0) is 14.3 Å². The topological polar surface area (TPSA) is 73.6 Å². The molecule has 0 aromatic heterocycles. The number of carbonyl (C=O) groups excluding carboxylic acids is 1. The number of rotatable bonds is 4. The molecule has 0 aromatic carbocycles. The molecule has 0 aromatic rings. The number of methoxy groups -OCH3 is 1. The van der Waals surface area contributed by atoms with Crippen molar-refractivity contribution in [3.63, 3.8) is 0 Å². The Hall–Kier alpha value is -0.650. The molecule has 3 atom stereocenters. The molecular formula is C16H28N2O3. The number of ether oxygens (including phenoxy) is 2. The third-order valence-corrected chi connectivity index (χ3v) is 6.33. The average molecular weight is 296 g/mol. The molecule has 2 aliphatic carbocycles. The van der Waals surface area contributed by atoms with Gasteiger partial charge >= 0.3 is 0 Å². The zero-order valence-electron chi connectivity index (χ0n) is 13.4. The molecular weight excluding hydrogens is 268 g/mol. The van der Waals surface area contributed by atoms with Gasteiger partial charge in [-0.15, -0.1) is 0 Å². The van der Waals surface area contributed by atoms with E-state index in [1.165, 1.54) is 6.42 Å². The normalized spacial score (nSPS) is 39.6. The maximum Gasteiger partial charge on any atom is 0.241 e. The van der Waals surface area contributed by atoms with Crippen molar-refractivity contribution in [1.29, 1.82) is 0 Å². The maximum absolute atomic E-state index is 12.8. The van der Waals surface area contributed by atoms with Gasteiger partial charge in [0.05, 0.1) is 11.7 Å². The SMILES string of the molecule is COC1(CNC(=O)C2(N)C3CCCOC3C2(C)C)CCC1. The first kappa shape index (κ1) is 15.3. The van der Waals surface area contributed by atoms with E-state index in [1.807, 2.05) is 0 Å². The van der Waals surface area contributed by atoms with Gasteiger partial charge in [0, 0.05) is 31.6 Å². The number of hydrogen-bond acceptors (Lipinski definition) is 4. The first-order chi connectivity index (χ1) is 9.87. The number of nitrogens with two attached hydrogens (primary N) is 1. The third-order valence-electron chi connectivity index (χ3n) is 6.33. The smallest absolute Gasteiger partial charge is 0.241 e. The van der Waals surface area contributed by atoms with Crippen molar-refractivity contribution < 1.29 is 14.3 Å². The zero-order chi connectivity index (χ0) is 15.3. The van der Waals surface area contributed by atoms with Crippen LogP contribution in [0.2, 0.25) is 0 Å². The Balaban J connectivity index is 1.68. The largest absolute Gasteiger partial charge is 0.377 e. The summed E-state index contributed by atoms with van der Waals surface area (Å²) in [6, 6.07) is 0. The number of fused-ring (bicyclic) bond motifs is 1. The average Bonchev–Trinajstić information content (AvgIpc) is 2.45. The molecule has 0 spiro atoms. The molecule has 3 N–H and O–H groups in total. The van der Waals surface area contributed by atoms with Gasteiger partial charge in [-0.25, -0.2) is 0 Å². The van der Waals surface area contributed by atoms with Crippen molar-refractivity contribution in [2.24, 2.45) is 17.1 Å². The molecule has 1 saturated heterocycles. The Morgan fingerprint density at radius 1 is 1.38 bits per heavy atom. The summed E-state index contributed by atoms with van der Waals surface area (Å²) in [5.41, 5.74) is 5.27. The predicted molar refractivity (Wildman–Crippen MR) is 79.8 cm³/mol. The lowest BCUT2D eigenvalue weighted by Gasteiger charge is -2.65. The van der Waals surface area contributed by atoms with Crippen molar-refractivity contribution in [3.05, 3.63) is 0 Å². The van der Waals surface area contributed by atoms with Crippen molar-refractivity contribution in [2.75, 3.05) is 20.3 Å². The fraction of sp³-hybridized carbons (Fsp3) is 0.938. The molecule has 1 heterocycles. The first-order valence-electron chi connectivity index (χ1n) is 8.11. The summed E-state index contributed by atoms with van der Waals surface area (Å²) in [6.45, 7) is 5.45. The number of nitrogens with one attached hydrogen (secondary N) is 1. The van der Waals surface area contributed by atoms with Crippen molar-refractivity contribution in [2.45, 2.75) is 63.2 Å². The Kier molecular flexibility index (Phi) is 3.58. The van der Waals surface area contributed by atoms with E-state index >= 15 is 0 Å². The molecule has 21 heavy (non-hydrogen) atoms. The zero-order valence-corrected chi connectivity index (χ0v) is 13.4. The third kappa shape index (κ3) is 1.97. The van der Waals surface area contributed by atoms with Crippen LogP contribution in [0.25, 0.3) is 0 Å². The first-order valence-corrected chi connectivity index (χ1v) is 8.11. The van der Waals surface area contributed by atoms with Crippen LogP contribution in [0.15, 0.2) is 0 Å². The number of amides is 1. The quantitative estimate of drug-likeness (QED) is 0.817. The molecule has 2 saturated carbocycles. The van der Waals surface area contributed by atoms with E-state index in [0.29, 0.717) is 6.54 Å². The highest BCUT2D eigenvalue weighted by molar-refractivity contribution is 5.89. The molecule has 0 radical (unpaired) electrons. The van der Waals surface area contributed by atoms with E-state index in [1.54, 1.807) is 7.11 Å². The van der Waals surface area contributed by atoms with Crippen molar-refractivity contribution >= 4 is 5.91 Å². The number of hydrogen-bond donors (Lipinski definition) is 2. The van der Waals surface area contributed by atoms with E-state index in [0.717, 1.165) is 32.3 Å². The molecule has 1 aliphatic heterocycles. The summed E-state index contributed by atoms with van der Waals surface area (Å²) in [5.74, 6) is 0.101. The molecule has 120 valence electrons. The van der Waals surface area contributed by atoms with Gasteiger partial charge in [0.25, 0.3) is 0 Å². The lowest BCUT2D eigenvalue weighted by atomic mass is 9.46. The van der Waals surface area contributed by atoms with Crippen LogP contribution >= 0.6 is 0 Å². The van der Waals surface area contributed by atoms with Gasteiger partial charge in [-0.3, -0.25) is 4.79 Å². The van der Waals surface area contributed by atoms with Crippen LogP contribution in [0.1, 0.15) is 46.0 Å². The lowest BCUT2D eigenvalue weighted by molar-refractivity contribution is -0.225. The molecule has 3 aliphatic rings. The Labute approximate surface area is 126 Å². The highest BCUT2D eigenvalue weighted by Gasteiger charge is 2.70. The van der Waals surface area contributed by atoms with Crippen molar-refractivity contribution in [3.8, 4) is 0 Å². The van der Waals surface area contributed by atoms with Gasteiger partial charge in [-0.1, -0.05) is 13.8 Å². The van der Waals surface area contributed by atoms with Gasteiger partial charge in [0.1, 0.15) is 5.54 Å². The van der Waals surface area contributed by atoms with E-state index in [9.17, 15) is 4.79 Å². The Morgan fingerprint density at radius 2 is 2.10 bits per heavy atom. The summed E-state index contributed by atoms with van der Waals surface area (Å²) < 4.78 is 11.4. The van der Waals surface area contributed by atoms with E-state index in [4.69, 9.17) is 15.2 Å². The lowest BCUT2D eigenvalue weighted by Crippen LogP contribution is -2.82. The van der Waals surface area contributed by atoms with Gasteiger partial charge in [-0.05, 0) is 32.1 Å². The van der Waals surface area contributed by atoms with Gasteiger partial charge in [-0.2, -0.15) is 0 Å². The second kappa shape index (κ2) is 4.93. The molecule has 0 bridgehead atoms. The standard InChI is InChI=1S/C16H28N2O3/c1-14(2)12-11(6-4-9-21-12)16(14,17)13(19)18-10-15(20-3)7-5-8-15/h11-12H,4-10,17H2,1-3H3,(H,18,19). The van der Waals surface area contributed by atoms with E-state index < -0.39 is 5.54 Å². The highest BCUT2D eigenvalue weighted by atomic mass is 16.5. The monoisotopic (exact) mass is 296 g/mol. The predicted octanol–water partition coefficient (Wildman–Crippen LogP) is 1.20. The van der Waals surface area contributed by atoms with Crippen molar-refractivity contribution in [1.82, 2.24) is 5.32 Å². The molecule has 1 amide bonds. The summed E-state index contributed by atoms with van der Waals surface area (Å²) in [4.78, 5) is 12.8. The molecule has 5 nitrogen and oxygen atoms in total. The van der Waals surface area contributed by atoms with Gasteiger partial charge in [0.15, 0.2) is 0 Å². The van der Waals surface area contributed by atoms with Crippen LogP contribution < -0.4 is 11.1 Å². The van der Waals surface area contributed by atoms with Crippen LogP contribution in [0, 0.1) is 11.3 Å². The minimum atomic E-state index is -0.823. The Bertz CT molecular complexity index is 428. The summed E-state index contributed by atoms with van der Waals surface area (Å²) >= 11 is 0. The van der Waals surface area contributed by atoms with Gasteiger partial charge in [0.2, 0.25) is 5.91 Å². The van der Waals surface area contributed by atoms with E-state index in [2.05, 4.69) is 19.2 Å². The van der Waals surface area contributed by atoms with Crippen LogP contribution in [-0.4, -0.2) is 43.4 Å². The second-order valence-electron chi connectivity index (χ2n) is 7.55. The minimum absolute atomic E-state index is 0.0393. The fourth-order valence-electron chi connectivity index (χ4n) is 4.45. The van der Waals surface area contributed by atoms with Crippen LogP contribution in [0.5, 0.6) is 0 Å². The molecule has 3 rings (SSSR count). The summed E-state index contributed by atoms with van der Waals surface area (Å²) in [7, 11) is 1.72. The second-order valence-corrected chi connectivity index (χ2v) is 7.55. The maximum atomic E-state index is 12.8. The molecule has 3 fully saturated rings.